The Morgan fingerprint density at radius 3 is 2.65 bits per heavy atom. The van der Waals surface area contributed by atoms with E-state index in [0.29, 0.717) is 10.8 Å². The van der Waals surface area contributed by atoms with Crippen LogP contribution in [-0.2, 0) is 23.6 Å². The fourth-order valence-electron chi connectivity index (χ4n) is 1.58. The van der Waals surface area contributed by atoms with E-state index in [-0.39, 0.29) is 11.4 Å². The Morgan fingerprint density at radius 2 is 2.10 bits per heavy atom. The summed E-state index contributed by atoms with van der Waals surface area (Å²) >= 11 is 5.97. The highest BCUT2D eigenvalue weighted by molar-refractivity contribution is 7.89. The van der Waals surface area contributed by atoms with Gasteiger partial charge in [0.05, 0.1) is 11.4 Å². The molecule has 0 aliphatic rings. The highest BCUT2D eigenvalue weighted by Gasteiger charge is 2.23. The minimum Gasteiger partial charge on any atom is -0.231 e. The Balaban J connectivity index is 2.29. The molecule has 7 nitrogen and oxygen atoms in total. The molecule has 1 aromatic heterocycles. The van der Waals surface area contributed by atoms with Crippen molar-refractivity contribution in [3.05, 3.63) is 34.6 Å². The van der Waals surface area contributed by atoms with Gasteiger partial charge in [-0.15, -0.1) is 5.10 Å². The molecule has 1 heterocycles. The first-order valence-electron chi connectivity index (χ1n) is 5.76. The molecule has 1 aromatic carbocycles. The molecule has 0 aliphatic carbocycles. The van der Waals surface area contributed by atoms with Gasteiger partial charge in [0.15, 0.2) is 5.82 Å². The van der Waals surface area contributed by atoms with E-state index in [1.807, 2.05) is 6.92 Å². The highest BCUT2D eigenvalue weighted by Crippen LogP contribution is 2.22. The van der Waals surface area contributed by atoms with Crippen LogP contribution in [0.25, 0.3) is 0 Å². The van der Waals surface area contributed by atoms with Crippen molar-refractivity contribution in [3.63, 3.8) is 0 Å². The van der Waals surface area contributed by atoms with Gasteiger partial charge < -0.3 is 0 Å². The zero-order chi connectivity index (χ0) is 14.9. The van der Waals surface area contributed by atoms with Gasteiger partial charge in [-0.1, -0.05) is 17.7 Å². The lowest BCUT2D eigenvalue weighted by Crippen LogP contribution is -2.27. The third-order valence-corrected chi connectivity index (χ3v) is 5.13. The monoisotopic (exact) mass is 315 g/mol. The number of halogens is 1. The van der Waals surface area contributed by atoms with Gasteiger partial charge in [-0.05, 0) is 35.0 Å². The minimum atomic E-state index is -3.63. The summed E-state index contributed by atoms with van der Waals surface area (Å²) in [6.45, 7) is 1.89. The molecule has 108 valence electrons. The SMILES string of the molecule is Cc1ccc(S(=O)(=O)N(C)Cc2nnnn2C)cc1Cl. The molecule has 20 heavy (non-hydrogen) atoms. The van der Waals surface area contributed by atoms with Gasteiger partial charge >= 0.3 is 0 Å². The average molecular weight is 316 g/mol. The third-order valence-electron chi connectivity index (χ3n) is 2.92. The van der Waals surface area contributed by atoms with Gasteiger partial charge in [0.1, 0.15) is 0 Å². The van der Waals surface area contributed by atoms with E-state index in [4.69, 9.17) is 11.6 Å². The van der Waals surface area contributed by atoms with Crippen molar-refractivity contribution in [2.24, 2.45) is 7.05 Å². The van der Waals surface area contributed by atoms with Gasteiger partial charge in [0.25, 0.3) is 0 Å². The van der Waals surface area contributed by atoms with E-state index in [1.165, 1.54) is 28.2 Å². The molecule has 2 rings (SSSR count). The smallest absolute Gasteiger partial charge is 0.231 e. The fourth-order valence-corrected chi connectivity index (χ4v) is 2.98. The molecule has 0 spiro atoms. The Bertz CT molecular complexity index is 728. The molecule has 0 fully saturated rings. The van der Waals surface area contributed by atoms with Crippen molar-refractivity contribution in [3.8, 4) is 0 Å². The molecule has 2 aromatic rings. The maximum Gasteiger partial charge on any atom is 0.243 e. The number of benzene rings is 1. The normalized spacial score (nSPS) is 12.1. The maximum absolute atomic E-state index is 12.4. The Morgan fingerprint density at radius 1 is 1.40 bits per heavy atom. The lowest BCUT2D eigenvalue weighted by molar-refractivity contribution is 0.447. The van der Waals surface area contributed by atoms with Crippen LogP contribution in [0.5, 0.6) is 0 Å². The van der Waals surface area contributed by atoms with Crippen molar-refractivity contribution in [1.29, 1.82) is 0 Å². The molecule has 0 unspecified atom stereocenters. The van der Waals surface area contributed by atoms with Gasteiger partial charge in [-0.25, -0.2) is 13.1 Å². The predicted molar refractivity (Wildman–Crippen MR) is 73.6 cm³/mol. The van der Waals surface area contributed by atoms with Gasteiger partial charge in [0, 0.05) is 19.1 Å². The van der Waals surface area contributed by atoms with Crippen LogP contribution >= 0.6 is 11.6 Å². The molecule has 0 saturated carbocycles. The van der Waals surface area contributed by atoms with Crippen molar-refractivity contribution in [2.75, 3.05) is 7.05 Å². The zero-order valence-corrected chi connectivity index (χ0v) is 12.9. The van der Waals surface area contributed by atoms with Crippen molar-refractivity contribution >= 4 is 21.6 Å². The van der Waals surface area contributed by atoms with Crippen molar-refractivity contribution in [2.45, 2.75) is 18.4 Å². The molecule has 0 amide bonds. The lowest BCUT2D eigenvalue weighted by atomic mass is 10.2. The molecule has 9 heteroatoms. The summed E-state index contributed by atoms with van der Waals surface area (Å²) < 4.78 is 27.5. The van der Waals surface area contributed by atoms with Crippen LogP contribution in [0.15, 0.2) is 23.1 Å². The second-order valence-electron chi connectivity index (χ2n) is 4.39. The summed E-state index contributed by atoms with van der Waals surface area (Å²) in [4.78, 5) is 0.144. The number of tetrazole rings is 1. The average Bonchev–Trinajstić information content (AvgIpc) is 2.78. The summed E-state index contributed by atoms with van der Waals surface area (Å²) in [6, 6.07) is 4.65. The first-order valence-corrected chi connectivity index (χ1v) is 7.58. The molecule has 0 bridgehead atoms. The summed E-state index contributed by atoms with van der Waals surface area (Å²) in [5.74, 6) is 0.453. The summed E-state index contributed by atoms with van der Waals surface area (Å²) in [5, 5.41) is 11.3. The molecule has 0 atom stereocenters. The van der Waals surface area contributed by atoms with Crippen molar-refractivity contribution in [1.82, 2.24) is 24.5 Å². The molecular formula is C11H14ClN5O2S. The van der Waals surface area contributed by atoms with Crippen LogP contribution in [0.3, 0.4) is 0 Å². The number of sulfonamides is 1. The van der Waals surface area contributed by atoms with Gasteiger partial charge in [-0.3, -0.25) is 0 Å². The Labute approximate surface area is 122 Å². The Kier molecular flexibility index (Phi) is 4.07. The third kappa shape index (κ3) is 2.82. The topological polar surface area (TPSA) is 81.0 Å². The minimum absolute atomic E-state index is 0.0807. The predicted octanol–water partition coefficient (Wildman–Crippen LogP) is 0.993. The highest BCUT2D eigenvalue weighted by atomic mass is 35.5. The van der Waals surface area contributed by atoms with Gasteiger partial charge in [-0.2, -0.15) is 4.31 Å². The maximum atomic E-state index is 12.4. The van der Waals surface area contributed by atoms with Gasteiger partial charge in [0.2, 0.25) is 10.0 Å². The number of aromatic nitrogens is 4. The van der Waals surface area contributed by atoms with E-state index < -0.39 is 10.0 Å². The van der Waals surface area contributed by atoms with Crippen molar-refractivity contribution < 1.29 is 8.42 Å². The van der Waals surface area contributed by atoms with E-state index >= 15 is 0 Å². The second-order valence-corrected chi connectivity index (χ2v) is 6.84. The molecule has 0 saturated heterocycles. The van der Waals surface area contributed by atoms with E-state index in [2.05, 4.69) is 15.5 Å². The molecular weight excluding hydrogens is 302 g/mol. The number of nitrogens with zero attached hydrogens (tertiary/aromatic N) is 5. The van der Waals surface area contributed by atoms with E-state index in [1.54, 1.807) is 13.1 Å². The Hall–Kier alpha value is -1.51. The van der Waals surface area contributed by atoms with Crippen LogP contribution in [0.2, 0.25) is 5.02 Å². The quantitative estimate of drug-likeness (QED) is 0.840. The fraction of sp³-hybridized carbons (Fsp3) is 0.364. The summed E-state index contributed by atoms with van der Waals surface area (Å²) in [6.07, 6.45) is 0. The van der Waals surface area contributed by atoms with Crippen LogP contribution in [0, 0.1) is 6.92 Å². The second kappa shape index (κ2) is 5.47. The van der Waals surface area contributed by atoms with Crippen LogP contribution in [0.1, 0.15) is 11.4 Å². The largest absolute Gasteiger partial charge is 0.243 e. The standard InChI is InChI=1S/C11H14ClN5O2S/c1-8-4-5-9(6-10(8)12)20(18,19)16(2)7-11-13-14-15-17(11)3/h4-6H,7H2,1-3H3. The van der Waals surface area contributed by atoms with Crippen LogP contribution in [0.4, 0.5) is 0 Å². The van der Waals surface area contributed by atoms with E-state index in [9.17, 15) is 8.42 Å². The number of rotatable bonds is 4. The van der Waals surface area contributed by atoms with Crippen LogP contribution < -0.4 is 0 Å². The summed E-state index contributed by atoms with van der Waals surface area (Å²) in [7, 11) is -0.510. The molecule has 0 aliphatic heterocycles. The first-order chi connectivity index (χ1) is 9.32. The number of hydrogen-bond donors (Lipinski definition) is 0. The first kappa shape index (κ1) is 14.9. The summed E-state index contributed by atoms with van der Waals surface area (Å²) in [5.41, 5.74) is 0.825. The van der Waals surface area contributed by atoms with Crippen LogP contribution in [-0.4, -0.2) is 40.0 Å². The number of aryl methyl sites for hydroxylation is 2. The lowest BCUT2D eigenvalue weighted by Gasteiger charge is -2.16. The number of hydrogen-bond acceptors (Lipinski definition) is 5. The molecule has 0 N–H and O–H groups in total. The zero-order valence-electron chi connectivity index (χ0n) is 11.3. The molecule has 0 radical (unpaired) electrons. The van der Waals surface area contributed by atoms with E-state index in [0.717, 1.165) is 5.56 Å².